The van der Waals surface area contributed by atoms with Crippen LogP contribution in [0.3, 0.4) is 0 Å². The molecule has 2 unspecified atom stereocenters. The molecule has 0 saturated heterocycles. The highest BCUT2D eigenvalue weighted by Gasteiger charge is 2.30. The van der Waals surface area contributed by atoms with Crippen LogP contribution in [0, 0.1) is 5.92 Å². The molecule has 31 heavy (non-hydrogen) atoms. The second-order valence-electron chi connectivity index (χ2n) is 8.90. The summed E-state index contributed by atoms with van der Waals surface area (Å²) in [6.07, 6.45) is 4.80. The van der Waals surface area contributed by atoms with Crippen molar-refractivity contribution in [2.45, 2.75) is 38.5 Å². The number of phenols is 1. The fourth-order valence-electron chi connectivity index (χ4n) is 4.50. The number of fused-ring (bicyclic) bond motifs is 1. The van der Waals surface area contributed by atoms with Gasteiger partial charge in [-0.15, -0.1) is 11.3 Å². The smallest absolute Gasteiger partial charge is 0.194 e. The fourth-order valence-corrected chi connectivity index (χ4v) is 6.00. The van der Waals surface area contributed by atoms with Gasteiger partial charge in [0.2, 0.25) is 0 Å². The van der Waals surface area contributed by atoms with Gasteiger partial charge in [-0.2, -0.15) is 0 Å². The molecule has 1 saturated carbocycles. The summed E-state index contributed by atoms with van der Waals surface area (Å²) >= 11 is 1.68. The number of hydrogen-bond acceptors (Lipinski definition) is 5. The number of phenolic OH excluding ortho intramolecular Hbond substituents is 1. The Hall–Kier alpha value is -2.37. The first-order valence-corrected chi connectivity index (χ1v) is 11.9. The third kappa shape index (κ3) is 4.78. The molecular formula is C26H31NO3S. The van der Waals surface area contributed by atoms with Gasteiger partial charge in [0.05, 0.1) is 0 Å². The molecular weight excluding hydrogens is 406 g/mol. The van der Waals surface area contributed by atoms with Crippen LogP contribution >= 0.6 is 11.3 Å². The number of rotatable bonds is 7. The lowest BCUT2D eigenvalue weighted by molar-refractivity contribution is 0.103. The number of benzene rings is 2. The highest BCUT2D eigenvalue weighted by Crippen LogP contribution is 2.46. The van der Waals surface area contributed by atoms with E-state index >= 15 is 0 Å². The number of carbonyl (C=O) groups excluding carboxylic acids is 1. The molecule has 1 aliphatic rings. The van der Waals surface area contributed by atoms with E-state index in [0.717, 1.165) is 34.4 Å². The Morgan fingerprint density at radius 2 is 1.87 bits per heavy atom. The van der Waals surface area contributed by atoms with Gasteiger partial charge in [0.15, 0.2) is 5.78 Å². The van der Waals surface area contributed by atoms with Crippen LogP contribution in [0.1, 0.15) is 59.3 Å². The van der Waals surface area contributed by atoms with E-state index in [2.05, 4.69) is 11.8 Å². The summed E-state index contributed by atoms with van der Waals surface area (Å²) in [6.45, 7) is 3.76. The van der Waals surface area contributed by atoms with Crippen molar-refractivity contribution >= 4 is 27.2 Å². The molecule has 0 spiro atoms. The van der Waals surface area contributed by atoms with Crippen molar-refractivity contribution in [3.63, 3.8) is 0 Å². The molecule has 0 bridgehead atoms. The number of ether oxygens (including phenoxy) is 1. The van der Waals surface area contributed by atoms with E-state index in [4.69, 9.17) is 4.74 Å². The molecule has 0 radical (unpaired) electrons. The van der Waals surface area contributed by atoms with Crippen LogP contribution in [0.4, 0.5) is 0 Å². The lowest BCUT2D eigenvalue weighted by Crippen LogP contribution is -2.19. The Bertz CT molecular complexity index is 1050. The first-order chi connectivity index (χ1) is 14.9. The van der Waals surface area contributed by atoms with E-state index in [9.17, 15) is 9.90 Å². The van der Waals surface area contributed by atoms with E-state index in [0.29, 0.717) is 24.0 Å². The van der Waals surface area contributed by atoms with Crippen molar-refractivity contribution in [3.8, 4) is 11.5 Å². The lowest BCUT2D eigenvalue weighted by atomic mass is 9.78. The van der Waals surface area contributed by atoms with Gasteiger partial charge in [-0.1, -0.05) is 26.2 Å². The molecule has 0 aliphatic heterocycles. The Morgan fingerprint density at radius 1 is 1.13 bits per heavy atom. The molecule has 1 aromatic heterocycles. The third-order valence-corrected chi connectivity index (χ3v) is 7.58. The Morgan fingerprint density at radius 3 is 2.58 bits per heavy atom. The second kappa shape index (κ2) is 9.41. The molecule has 3 aromatic rings. The molecule has 0 amide bonds. The summed E-state index contributed by atoms with van der Waals surface area (Å²) in [6, 6.07) is 12.9. The lowest BCUT2D eigenvalue weighted by Gasteiger charge is -2.28. The van der Waals surface area contributed by atoms with Gasteiger partial charge in [-0.3, -0.25) is 4.79 Å². The standard InChI is InChI=1S/C26H31NO3S/c1-17-6-4-5-7-21(17)26-24(22-13-10-19(28)16-23(22)31-26)25(29)18-8-11-20(12-9-18)30-15-14-27(2)3/h8-13,16-17,21,28H,4-7,14-15H2,1-3H3. The zero-order chi connectivity index (χ0) is 22.0. The highest BCUT2D eigenvalue weighted by molar-refractivity contribution is 7.19. The van der Waals surface area contributed by atoms with Crippen LogP contribution in [0.15, 0.2) is 42.5 Å². The fraction of sp³-hybridized carbons (Fsp3) is 0.423. The van der Waals surface area contributed by atoms with Crippen LogP contribution < -0.4 is 4.74 Å². The van der Waals surface area contributed by atoms with Crippen LogP contribution in [-0.2, 0) is 0 Å². The van der Waals surface area contributed by atoms with Crippen LogP contribution in [-0.4, -0.2) is 43.0 Å². The minimum Gasteiger partial charge on any atom is -0.508 e. The number of thiophene rings is 1. The molecule has 1 aliphatic carbocycles. The molecule has 4 nitrogen and oxygen atoms in total. The zero-order valence-electron chi connectivity index (χ0n) is 18.6. The Labute approximate surface area is 188 Å². The number of carbonyl (C=O) groups is 1. The third-order valence-electron chi connectivity index (χ3n) is 6.30. The molecule has 5 heteroatoms. The molecule has 1 N–H and O–H groups in total. The van der Waals surface area contributed by atoms with Gasteiger partial charge >= 0.3 is 0 Å². The average Bonchev–Trinajstić information content (AvgIpc) is 3.12. The number of nitrogens with zero attached hydrogens (tertiary/aromatic N) is 1. The first-order valence-electron chi connectivity index (χ1n) is 11.1. The van der Waals surface area contributed by atoms with Gasteiger partial charge in [0.1, 0.15) is 18.1 Å². The minimum atomic E-state index is 0.0598. The van der Waals surface area contributed by atoms with E-state index in [1.165, 1.54) is 24.1 Å². The Kier molecular flexibility index (Phi) is 6.63. The number of likely N-dealkylation sites (N-methyl/N-ethyl adjacent to an activating group) is 1. The number of aromatic hydroxyl groups is 1. The normalized spacial score (nSPS) is 19.1. The number of ketones is 1. The van der Waals surface area contributed by atoms with Crippen molar-refractivity contribution in [1.82, 2.24) is 4.90 Å². The number of hydrogen-bond donors (Lipinski definition) is 1. The van der Waals surface area contributed by atoms with Crippen molar-refractivity contribution < 1.29 is 14.6 Å². The predicted molar refractivity (Wildman–Crippen MR) is 128 cm³/mol. The SMILES string of the molecule is CC1CCCCC1c1sc2cc(O)ccc2c1C(=O)c1ccc(OCCN(C)C)cc1. The van der Waals surface area contributed by atoms with Crippen LogP contribution in [0.5, 0.6) is 11.5 Å². The van der Waals surface area contributed by atoms with E-state index in [1.54, 1.807) is 23.5 Å². The maximum atomic E-state index is 13.7. The van der Waals surface area contributed by atoms with Gasteiger partial charge < -0.3 is 14.7 Å². The first kappa shape index (κ1) is 21.8. The molecule has 2 aromatic carbocycles. The van der Waals surface area contributed by atoms with Gasteiger partial charge in [0, 0.05) is 32.6 Å². The molecule has 164 valence electrons. The van der Waals surface area contributed by atoms with E-state index < -0.39 is 0 Å². The van der Waals surface area contributed by atoms with E-state index in [-0.39, 0.29) is 11.5 Å². The summed E-state index contributed by atoms with van der Waals surface area (Å²) in [5.41, 5.74) is 1.50. The maximum Gasteiger partial charge on any atom is 0.194 e. The van der Waals surface area contributed by atoms with Gasteiger partial charge in [0.25, 0.3) is 0 Å². The monoisotopic (exact) mass is 437 g/mol. The van der Waals surface area contributed by atoms with E-state index in [1.807, 2.05) is 44.4 Å². The van der Waals surface area contributed by atoms with Gasteiger partial charge in [-0.25, -0.2) is 0 Å². The van der Waals surface area contributed by atoms with Crippen molar-refractivity contribution in [2.24, 2.45) is 5.92 Å². The summed E-state index contributed by atoms with van der Waals surface area (Å²) in [7, 11) is 4.03. The Balaban J connectivity index is 1.67. The second-order valence-corrected chi connectivity index (χ2v) is 9.98. The summed E-state index contributed by atoms with van der Waals surface area (Å²) in [4.78, 5) is 16.9. The zero-order valence-corrected chi connectivity index (χ0v) is 19.4. The maximum absolute atomic E-state index is 13.7. The molecule has 4 rings (SSSR count). The van der Waals surface area contributed by atoms with Gasteiger partial charge in [-0.05, 0) is 74.8 Å². The van der Waals surface area contributed by atoms with Crippen molar-refractivity contribution in [2.75, 3.05) is 27.2 Å². The quantitative estimate of drug-likeness (QED) is 0.456. The predicted octanol–water partition coefficient (Wildman–Crippen LogP) is 6.07. The average molecular weight is 438 g/mol. The van der Waals surface area contributed by atoms with Crippen LogP contribution in [0.2, 0.25) is 0 Å². The van der Waals surface area contributed by atoms with Crippen molar-refractivity contribution in [3.05, 3.63) is 58.5 Å². The highest BCUT2D eigenvalue weighted by atomic mass is 32.1. The summed E-state index contributed by atoms with van der Waals surface area (Å²) in [5.74, 6) is 2.05. The molecule has 2 atom stereocenters. The molecule has 1 fully saturated rings. The minimum absolute atomic E-state index is 0.0598. The van der Waals surface area contributed by atoms with Crippen LogP contribution in [0.25, 0.3) is 10.1 Å². The van der Waals surface area contributed by atoms with Crippen molar-refractivity contribution in [1.29, 1.82) is 0 Å². The largest absolute Gasteiger partial charge is 0.508 e. The molecule has 1 heterocycles. The topological polar surface area (TPSA) is 49.8 Å². The summed E-state index contributed by atoms with van der Waals surface area (Å²) in [5, 5.41) is 10.9. The summed E-state index contributed by atoms with van der Waals surface area (Å²) < 4.78 is 6.77.